The molecule has 0 aliphatic carbocycles. The van der Waals surface area contributed by atoms with Crippen LogP contribution in [0.15, 0.2) is 18.3 Å². The van der Waals surface area contributed by atoms with E-state index in [1.807, 2.05) is 6.26 Å². The molecule has 0 spiro atoms. The molecule has 0 unspecified atom stereocenters. The normalized spacial score (nSPS) is 9.81. The van der Waals surface area contributed by atoms with Crippen molar-refractivity contribution >= 4 is 23.6 Å². The molecule has 0 aromatic carbocycles. The fourth-order valence-corrected chi connectivity index (χ4v) is 1.36. The maximum Gasteiger partial charge on any atom is 0.354 e. The van der Waals surface area contributed by atoms with Gasteiger partial charge >= 0.3 is 5.97 Å². The first-order chi connectivity index (χ1) is 7.65. The van der Waals surface area contributed by atoms with Crippen LogP contribution in [0.1, 0.15) is 20.8 Å². The van der Waals surface area contributed by atoms with Gasteiger partial charge in [-0.25, -0.2) is 9.78 Å². The molecule has 0 radical (unpaired) electrons. The van der Waals surface area contributed by atoms with Gasteiger partial charge in [0, 0.05) is 24.1 Å². The van der Waals surface area contributed by atoms with Crippen LogP contribution in [0.2, 0.25) is 0 Å². The van der Waals surface area contributed by atoms with E-state index in [0.29, 0.717) is 12.1 Å². The Morgan fingerprint density at radius 1 is 1.56 bits per heavy atom. The molecule has 0 atom stereocenters. The lowest BCUT2D eigenvalue weighted by Gasteiger charge is -2.04. The Bertz CT molecular complexity index is 395. The molecule has 0 bridgehead atoms. The van der Waals surface area contributed by atoms with Gasteiger partial charge in [-0.2, -0.15) is 11.8 Å². The number of hydrogen-bond acceptors (Lipinski definition) is 4. The Morgan fingerprint density at radius 2 is 2.31 bits per heavy atom. The number of amides is 1. The minimum atomic E-state index is -1.14. The van der Waals surface area contributed by atoms with Crippen LogP contribution in [0, 0.1) is 0 Å². The second-order valence-electron chi connectivity index (χ2n) is 2.98. The molecular formula is C10H12N2O3S. The maximum atomic E-state index is 11.6. The van der Waals surface area contributed by atoms with Crippen LogP contribution in [0.5, 0.6) is 0 Å². The van der Waals surface area contributed by atoms with Crippen molar-refractivity contribution < 1.29 is 14.7 Å². The van der Waals surface area contributed by atoms with Crippen LogP contribution in [0.3, 0.4) is 0 Å². The number of thioether (sulfide) groups is 1. The monoisotopic (exact) mass is 240 g/mol. The third-order valence-corrected chi connectivity index (χ3v) is 2.45. The maximum absolute atomic E-state index is 11.6. The number of carbonyl (C=O) groups excluding carboxylic acids is 1. The second-order valence-corrected chi connectivity index (χ2v) is 3.97. The van der Waals surface area contributed by atoms with Crippen LogP contribution < -0.4 is 5.32 Å². The van der Waals surface area contributed by atoms with Crippen molar-refractivity contribution in [2.24, 2.45) is 0 Å². The highest BCUT2D eigenvalue weighted by Gasteiger charge is 2.09. The quantitative estimate of drug-likeness (QED) is 0.747. The molecule has 1 aromatic heterocycles. The molecule has 0 saturated heterocycles. The number of carboxylic acid groups (broad SMARTS) is 1. The number of carbonyl (C=O) groups is 2. The Kier molecular flexibility index (Phi) is 4.78. The van der Waals surface area contributed by atoms with E-state index < -0.39 is 5.97 Å². The highest BCUT2D eigenvalue weighted by atomic mass is 32.2. The second kappa shape index (κ2) is 6.12. The molecule has 5 nitrogen and oxygen atoms in total. The summed E-state index contributed by atoms with van der Waals surface area (Å²) in [6.07, 6.45) is 3.26. The van der Waals surface area contributed by atoms with E-state index in [2.05, 4.69) is 10.3 Å². The molecule has 6 heteroatoms. The molecule has 1 rings (SSSR count). The van der Waals surface area contributed by atoms with Crippen LogP contribution in [-0.2, 0) is 0 Å². The molecular weight excluding hydrogens is 228 g/mol. The summed E-state index contributed by atoms with van der Waals surface area (Å²) in [5.41, 5.74) is 0.186. The van der Waals surface area contributed by atoms with Gasteiger partial charge in [0.15, 0.2) is 0 Å². The molecule has 86 valence electrons. The fraction of sp³-hybridized carbons (Fsp3) is 0.300. The number of pyridine rings is 1. The standard InChI is InChI=1S/C10H12N2O3S/c1-16-5-4-12-9(13)7-2-3-11-8(6-7)10(14)15/h2-3,6H,4-5H2,1H3,(H,12,13)(H,14,15). The smallest absolute Gasteiger partial charge is 0.354 e. The first-order valence-electron chi connectivity index (χ1n) is 4.61. The number of aromatic nitrogens is 1. The van der Waals surface area contributed by atoms with Gasteiger partial charge in [-0.15, -0.1) is 0 Å². The predicted molar refractivity (Wildman–Crippen MR) is 61.9 cm³/mol. The summed E-state index contributed by atoms with van der Waals surface area (Å²) in [5, 5.41) is 11.4. The van der Waals surface area contributed by atoms with E-state index in [0.717, 1.165) is 5.75 Å². The zero-order valence-corrected chi connectivity index (χ0v) is 9.58. The Hall–Kier alpha value is -1.56. The predicted octanol–water partition coefficient (Wildman–Crippen LogP) is 0.873. The minimum absolute atomic E-state index is 0.127. The van der Waals surface area contributed by atoms with Crippen molar-refractivity contribution in [3.05, 3.63) is 29.6 Å². The molecule has 0 fully saturated rings. The number of rotatable bonds is 5. The number of carboxylic acids is 1. The molecule has 0 aliphatic rings. The van der Waals surface area contributed by atoms with Crippen LogP contribution >= 0.6 is 11.8 Å². The summed E-state index contributed by atoms with van der Waals surface area (Å²) < 4.78 is 0. The lowest BCUT2D eigenvalue weighted by Crippen LogP contribution is -2.26. The summed E-state index contributed by atoms with van der Waals surface area (Å²) in [7, 11) is 0. The van der Waals surface area contributed by atoms with Gasteiger partial charge < -0.3 is 10.4 Å². The minimum Gasteiger partial charge on any atom is -0.477 e. The Morgan fingerprint density at radius 3 is 2.94 bits per heavy atom. The van der Waals surface area contributed by atoms with Crippen molar-refractivity contribution in [3.63, 3.8) is 0 Å². The van der Waals surface area contributed by atoms with E-state index in [-0.39, 0.29) is 11.6 Å². The van der Waals surface area contributed by atoms with E-state index in [1.54, 1.807) is 11.8 Å². The van der Waals surface area contributed by atoms with Gasteiger partial charge in [0.2, 0.25) is 0 Å². The van der Waals surface area contributed by atoms with Crippen LogP contribution in [-0.4, -0.2) is 40.5 Å². The summed E-state index contributed by atoms with van der Waals surface area (Å²) in [5.74, 6) is -0.597. The summed E-state index contributed by atoms with van der Waals surface area (Å²) >= 11 is 1.63. The van der Waals surface area contributed by atoms with E-state index in [1.165, 1.54) is 18.3 Å². The first-order valence-corrected chi connectivity index (χ1v) is 6.01. The Balaban J connectivity index is 2.68. The number of nitrogens with zero attached hydrogens (tertiary/aromatic N) is 1. The van der Waals surface area contributed by atoms with Crippen molar-refractivity contribution in [2.75, 3.05) is 18.6 Å². The average molecular weight is 240 g/mol. The lowest BCUT2D eigenvalue weighted by molar-refractivity contribution is 0.0690. The molecule has 0 saturated carbocycles. The van der Waals surface area contributed by atoms with E-state index >= 15 is 0 Å². The number of nitrogens with one attached hydrogen (secondary N) is 1. The van der Waals surface area contributed by atoms with Crippen molar-refractivity contribution in [3.8, 4) is 0 Å². The van der Waals surface area contributed by atoms with Crippen molar-refractivity contribution in [1.82, 2.24) is 10.3 Å². The first kappa shape index (κ1) is 12.5. The summed E-state index contributed by atoms with van der Waals surface area (Å²) in [6.45, 7) is 0.560. The zero-order chi connectivity index (χ0) is 12.0. The van der Waals surface area contributed by atoms with E-state index in [4.69, 9.17) is 5.11 Å². The van der Waals surface area contributed by atoms with Crippen LogP contribution in [0.4, 0.5) is 0 Å². The molecule has 1 amide bonds. The van der Waals surface area contributed by atoms with Crippen LogP contribution in [0.25, 0.3) is 0 Å². The number of hydrogen-bond donors (Lipinski definition) is 2. The lowest BCUT2D eigenvalue weighted by atomic mass is 10.2. The van der Waals surface area contributed by atoms with Gasteiger partial charge in [-0.1, -0.05) is 0 Å². The topological polar surface area (TPSA) is 79.3 Å². The fourth-order valence-electron chi connectivity index (χ4n) is 1.06. The third kappa shape index (κ3) is 3.54. The van der Waals surface area contributed by atoms with E-state index in [9.17, 15) is 9.59 Å². The molecule has 1 aromatic rings. The van der Waals surface area contributed by atoms with Gasteiger partial charge in [-0.3, -0.25) is 4.79 Å². The van der Waals surface area contributed by atoms with Crippen molar-refractivity contribution in [1.29, 1.82) is 0 Å². The molecule has 0 aliphatic heterocycles. The SMILES string of the molecule is CSCCNC(=O)c1ccnc(C(=O)O)c1. The highest BCUT2D eigenvalue weighted by molar-refractivity contribution is 7.98. The average Bonchev–Trinajstić information content (AvgIpc) is 2.29. The van der Waals surface area contributed by atoms with Gasteiger partial charge in [-0.05, 0) is 18.4 Å². The third-order valence-electron chi connectivity index (χ3n) is 1.83. The Labute approximate surface area is 97.3 Å². The van der Waals surface area contributed by atoms with Gasteiger partial charge in [0.05, 0.1) is 0 Å². The molecule has 1 heterocycles. The largest absolute Gasteiger partial charge is 0.477 e. The molecule has 2 N–H and O–H groups in total. The van der Waals surface area contributed by atoms with Gasteiger partial charge in [0.25, 0.3) is 5.91 Å². The van der Waals surface area contributed by atoms with Crippen molar-refractivity contribution in [2.45, 2.75) is 0 Å². The zero-order valence-electron chi connectivity index (χ0n) is 8.77. The number of aromatic carboxylic acids is 1. The summed E-state index contributed by atoms with van der Waals surface area (Å²) in [4.78, 5) is 25.8. The van der Waals surface area contributed by atoms with Gasteiger partial charge in [0.1, 0.15) is 5.69 Å². The highest BCUT2D eigenvalue weighted by Crippen LogP contribution is 2.02. The summed E-state index contributed by atoms with van der Waals surface area (Å²) in [6, 6.07) is 2.75. The molecule has 16 heavy (non-hydrogen) atoms.